The van der Waals surface area contributed by atoms with E-state index in [-0.39, 0.29) is 17.0 Å². The van der Waals surface area contributed by atoms with Crippen molar-refractivity contribution in [3.8, 4) is 0 Å². The number of nitrogens with one attached hydrogen (secondary N) is 1. The molecule has 0 saturated heterocycles. The molecule has 2 N–H and O–H groups in total. The molecule has 3 rings (SSSR count). The molecule has 0 aliphatic heterocycles. The molecular weight excluding hydrogens is 430 g/mol. The normalized spacial score (nSPS) is 10.9. The molecule has 0 heterocycles. The van der Waals surface area contributed by atoms with E-state index in [0.29, 0.717) is 12.1 Å². The molecule has 0 aliphatic carbocycles. The van der Waals surface area contributed by atoms with Crippen LogP contribution in [-0.2, 0) is 16.0 Å². The minimum absolute atomic E-state index is 0.215. The fourth-order valence-electron chi connectivity index (χ4n) is 3.13. The number of ketones is 2. The lowest BCUT2D eigenvalue weighted by Gasteiger charge is -2.03. The van der Waals surface area contributed by atoms with Gasteiger partial charge in [-0.2, -0.15) is 0 Å². The quantitative estimate of drug-likeness (QED) is 0.272. The van der Waals surface area contributed by atoms with Crippen molar-refractivity contribution in [3.63, 3.8) is 0 Å². The van der Waals surface area contributed by atoms with E-state index in [1.807, 2.05) is 30.3 Å². The number of amides is 1. The number of hydrogen-bond acceptors (Lipinski definition) is 4. The molecule has 6 nitrogen and oxygen atoms in total. The maximum absolute atomic E-state index is 12.5. The van der Waals surface area contributed by atoms with Crippen molar-refractivity contribution in [2.24, 2.45) is 0 Å². The van der Waals surface area contributed by atoms with Crippen LogP contribution in [-0.4, -0.2) is 35.1 Å². The third kappa shape index (κ3) is 7.24. The summed E-state index contributed by atoms with van der Waals surface area (Å²) in [6.45, 7) is 0.527. The van der Waals surface area contributed by atoms with Crippen molar-refractivity contribution in [2.45, 2.75) is 6.42 Å². The molecule has 6 heteroatoms. The zero-order valence-corrected chi connectivity index (χ0v) is 18.3. The Morgan fingerprint density at radius 2 is 1.18 bits per heavy atom. The van der Waals surface area contributed by atoms with Gasteiger partial charge in [-0.15, -0.1) is 0 Å². The number of carbonyl (C=O) groups excluding carboxylic acids is 3. The van der Waals surface area contributed by atoms with E-state index in [1.165, 1.54) is 36.4 Å². The van der Waals surface area contributed by atoms with E-state index >= 15 is 0 Å². The molecule has 0 unspecified atom stereocenters. The summed E-state index contributed by atoms with van der Waals surface area (Å²) in [5.41, 5.74) is 2.92. The average molecular weight is 453 g/mol. The zero-order valence-electron chi connectivity index (χ0n) is 18.3. The van der Waals surface area contributed by atoms with Gasteiger partial charge in [-0.25, -0.2) is 4.79 Å². The van der Waals surface area contributed by atoms with Crippen molar-refractivity contribution >= 4 is 35.6 Å². The van der Waals surface area contributed by atoms with Crippen LogP contribution in [0, 0.1) is 0 Å². The highest BCUT2D eigenvalue weighted by atomic mass is 16.4. The molecule has 0 aromatic heterocycles. The van der Waals surface area contributed by atoms with E-state index in [4.69, 9.17) is 5.11 Å². The molecule has 3 aromatic carbocycles. The van der Waals surface area contributed by atoms with Crippen molar-refractivity contribution in [1.82, 2.24) is 5.32 Å². The van der Waals surface area contributed by atoms with Crippen LogP contribution in [0.2, 0.25) is 0 Å². The fourth-order valence-corrected chi connectivity index (χ4v) is 3.13. The molecule has 0 aliphatic rings. The highest BCUT2D eigenvalue weighted by Gasteiger charge is 2.18. The Morgan fingerprint density at radius 1 is 0.676 bits per heavy atom. The van der Waals surface area contributed by atoms with Gasteiger partial charge in [0.05, 0.1) is 0 Å². The Morgan fingerprint density at radius 3 is 1.68 bits per heavy atom. The smallest absolute Gasteiger partial charge is 0.328 e. The Bertz CT molecular complexity index is 1220. The van der Waals surface area contributed by atoms with Crippen LogP contribution in [0.5, 0.6) is 0 Å². The molecule has 0 atom stereocenters. The van der Waals surface area contributed by atoms with Crippen LogP contribution >= 0.6 is 0 Å². The van der Waals surface area contributed by atoms with Gasteiger partial charge in [0, 0.05) is 29.8 Å². The number of rotatable bonds is 10. The second kappa shape index (κ2) is 11.9. The van der Waals surface area contributed by atoms with E-state index in [2.05, 4.69) is 5.32 Å². The van der Waals surface area contributed by atoms with Gasteiger partial charge in [0.2, 0.25) is 17.5 Å². The molecule has 170 valence electrons. The first-order valence-electron chi connectivity index (χ1n) is 10.6. The summed E-state index contributed by atoms with van der Waals surface area (Å²) in [7, 11) is 0. The number of benzene rings is 3. The van der Waals surface area contributed by atoms with Crippen molar-refractivity contribution in [2.75, 3.05) is 6.54 Å². The summed E-state index contributed by atoms with van der Waals surface area (Å²) in [4.78, 5) is 47.6. The van der Waals surface area contributed by atoms with Crippen LogP contribution in [0.15, 0.2) is 91.0 Å². The standard InChI is InChI=1S/C28H23NO5/c30-25(29-19-18-20-4-2-1-3-5-20)16-10-21-6-12-23(13-7-21)27(33)28(34)24-14-8-22(9-15-24)11-17-26(31)32/h1-17H,18-19H2,(H,29,30)(H,31,32)/b16-10+,17-11+. The monoisotopic (exact) mass is 453 g/mol. The SMILES string of the molecule is O=C(O)/C=C/c1ccc(C(=O)C(=O)c2ccc(/C=C/C(=O)NCCc3ccccc3)cc2)cc1. The van der Waals surface area contributed by atoms with Crippen LogP contribution in [0.4, 0.5) is 0 Å². The zero-order chi connectivity index (χ0) is 24.3. The number of Topliss-reactive ketones (excluding diaryl/α,β-unsaturated/α-hetero) is 2. The molecule has 0 fully saturated rings. The first-order chi connectivity index (χ1) is 16.4. The number of hydrogen-bond donors (Lipinski definition) is 2. The highest BCUT2D eigenvalue weighted by Crippen LogP contribution is 2.12. The predicted octanol–water partition coefficient (Wildman–Crippen LogP) is 4.22. The van der Waals surface area contributed by atoms with Crippen molar-refractivity contribution < 1.29 is 24.3 Å². The minimum atomic E-state index is -1.07. The summed E-state index contributed by atoms with van der Waals surface area (Å²) in [6.07, 6.45) is 6.19. The number of carboxylic acid groups (broad SMARTS) is 1. The second-order valence-electron chi connectivity index (χ2n) is 7.43. The lowest BCUT2D eigenvalue weighted by atomic mass is 9.99. The largest absolute Gasteiger partial charge is 0.478 e. The molecule has 0 spiro atoms. The molecule has 1 amide bonds. The summed E-state index contributed by atoms with van der Waals surface area (Å²) in [6, 6.07) is 22.4. The molecule has 0 bridgehead atoms. The molecule has 34 heavy (non-hydrogen) atoms. The Labute approximate surface area is 197 Å². The summed E-state index contributed by atoms with van der Waals surface area (Å²) < 4.78 is 0. The lowest BCUT2D eigenvalue weighted by Crippen LogP contribution is -2.23. The fraction of sp³-hybridized carbons (Fsp3) is 0.0714. The first kappa shape index (κ1) is 24.1. The van der Waals surface area contributed by atoms with Crippen molar-refractivity contribution in [3.05, 3.63) is 119 Å². The van der Waals surface area contributed by atoms with Gasteiger partial charge in [0.1, 0.15) is 0 Å². The van der Waals surface area contributed by atoms with Gasteiger partial charge in [-0.1, -0.05) is 78.9 Å². The Balaban J connectivity index is 1.53. The van der Waals surface area contributed by atoms with Gasteiger partial charge < -0.3 is 10.4 Å². The Kier molecular flexibility index (Phi) is 8.41. The summed E-state index contributed by atoms with van der Waals surface area (Å²) >= 11 is 0. The lowest BCUT2D eigenvalue weighted by molar-refractivity contribution is -0.131. The molecule has 3 aromatic rings. The predicted molar refractivity (Wildman–Crippen MR) is 130 cm³/mol. The summed E-state index contributed by atoms with van der Waals surface area (Å²) in [5.74, 6) is -2.59. The van der Waals surface area contributed by atoms with Crippen molar-refractivity contribution in [1.29, 1.82) is 0 Å². The topological polar surface area (TPSA) is 101 Å². The van der Waals surface area contributed by atoms with E-state index < -0.39 is 17.5 Å². The average Bonchev–Trinajstić information content (AvgIpc) is 2.86. The van der Waals surface area contributed by atoms with E-state index in [1.54, 1.807) is 30.3 Å². The maximum atomic E-state index is 12.5. The van der Waals surface area contributed by atoms with Gasteiger partial charge in [0.15, 0.2) is 0 Å². The van der Waals surface area contributed by atoms with E-state index in [9.17, 15) is 19.2 Å². The van der Waals surface area contributed by atoms with Crippen LogP contribution in [0.3, 0.4) is 0 Å². The third-order valence-electron chi connectivity index (χ3n) is 4.95. The summed E-state index contributed by atoms with van der Waals surface area (Å²) in [5, 5.41) is 11.5. The Hall–Kier alpha value is -4.58. The molecule has 0 saturated carbocycles. The third-order valence-corrected chi connectivity index (χ3v) is 4.95. The number of carbonyl (C=O) groups is 4. The van der Waals surface area contributed by atoms with Gasteiger partial charge in [-0.05, 0) is 35.3 Å². The highest BCUT2D eigenvalue weighted by molar-refractivity contribution is 6.49. The van der Waals surface area contributed by atoms with Gasteiger partial charge in [0.25, 0.3) is 0 Å². The second-order valence-corrected chi connectivity index (χ2v) is 7.43. The van der Waals surface area contributed by atoms with Gasteiger partial charge in [-0.3, -0.25) is 14.4 Å². The van der Waals surface area contributed by atoms with Crippen LogP contribution in [0.25, 0.3) is 12.2 Å². The van der Waals surface area contributed by atoms with Crippen LogP contribution < -0.4 is 5.32 Å². The first-order valence-corrected chi connectivity index (χ1v) is 10.6. The molecule has 0 radical (unpaired) electrons. The van der Waals surface area contributed by atoms with Gasteiger partial charge >= 0.3 is 5.97 Å². The number of carboxylic acids is 1. The molecular formula is C28H23NO5. The minimum Gasteiger partial charge on any atom is -0.478 e. The maximum Gasteiger partial charge on any atom is 0.328 e. The number of aliphatic carboxylic acids is 1. The van der Waals surface area contributed by atoms with E-state index in [0.717, 1.165) is 23.6 Å². The van der Waals surface area contributed by atoms with Crippen LogP contribution in [0.1, 0.15) is 37.4 Å².